The molecular formula is C18H21ClN4O. The van der Waals surface area contributed by atoms with Gasteiger partial charge in [-0.25, -0.2) is 9.97 Å². The Kier molecular flexibility index (Phi) is 5.00. The summed E-state index contributed by atoms with van der Waals surface area (Å²) in [5.74, 6) is 1.03. The van der Waals surface area contributed by atoms with Gasteiger partial charge in [0.1, 0.15) is 12.1 Å². The van der Waals surface area contributed by atoms with Crippen LogP contribution in [0.1, 0.15) is 19.8 Å². The highest BCUT2D eigenvalue weighted by Gasteiger charge is 2.24. The molecule has 0 bridgehead atoms. The number of hydrogen-bond donors (Lipinski definition) is 0. The Morgan fingerprint density at radius 3 is 2.62 bits per heavy atom. The number of carbonyl (C=O) groups excluding carboxylic acids is 1. The average molecular weight is 345 g/mol. The zero-order valence-electron chi connectivity index (χ0n) is 13.9. The first kappa shape index (κ1) is 16.7. The summed E-state index contributed by atoms with van der Waals surface area (Å²) in [6.45, 7) is 3.37. The fraction of sp³-hybridized carbons (Fsp3) is 0.389. The van der Waals surface area contributed by atoms with Crippen molar-refractivity contribution in [2.45, 2.75) is 25.8 Å². The lowest BCUT2D eigenvalue weighted by Gasteiger charge is -2.37. The molecule has 0 aliphatic carbocycles. The number of carbonyl (C=O) groups is 1. The molecule has 1 amide bonds. The van der Waals surface area contributed by atoms with Gasteiger partial charge in [0, 0.05) is 49.8 Å². The van der Waals surface area contributed by atoms with Gasteiger partial charge < -0.3 is 9.80 Å². The summed E-state index contributed by atoms with van der Waals surface area (Å²) >= 11 is 6.27. The Labute approximate surface area is 147 Å². The van der Waals surface area contributed by atoms with E-state index in [1.165, 1.54) is 0 Å². The van der Waals surface area contributed by atoms with Crippen molar-refractivity contribution in [3.8, 4) is 11.3 Å². The largest absolute Gasteiger partial charge is 0.356 e. The molecule has 2 heterocycles. The van der Waals surface area contributed by atoms with Crippen LogP contribution in [0.15, 0.2) is 36.7 Å². The summed E-state index contributed by atoms with van der Waals surface area (Å²) in [7, 11) is 1.88. The summed E-state index contributed by atoms with van der Waals surface area (Å²) in [5, 5.41) is 0.684. The number of amides is 1. The summed E-state index contributed by atoms with van der Waals surface area (Å²) in [6.07, 6.45) is 3.48. The highest BCUT2D eigenvalue weighted by molar-refractivity contribution is 6.33. The van der Waals surface area contributed by atoms with Gasteiger partial charge in [-0.3, -0.25) is 4.79 Å². The van der Waals surface area contributed by atoms with E-state index in [9.17, 15) is 4.79 Å². The van der Waals surface area contributed by atoms with Crippen LogP contribution < -0.4 is 4.90 Å². The Balaban J connectivity index is 1.74. The van der Waals surface area contributed by atoms with Gasteiger partial charge in [-0.2, -0.15) is 0 Å². The van der Waals surface area contributed by atoms with Crippen LogP contribution in [0.3, 0.4) is 0 Å². The lowest BCUT2D eigenvalue weighted by Crippen LogP contribution is -2.45. The van der Waals surface area contributed by atoms with Crippen molar-refractivity contribution >= 4 is 23.3 Å². The maximum atomic E-state index is 11.5. The first-order valence-corrected chi connectivity index (χ1v) is 8.49. The van der Waals surface area contributed by atoms with Gasteiger partial charge in [0.2, 0.25) is 5.91 Å². The SMILES string of the molecule is CC(=O)N(C)C1CCN(c2cc(-c3ccccc3Cl)ncn2)CC1. The van der Waals surface area contributed by atoms with Crippen LogP contribution in [0, 0.1) is 0 Å². The first-order valence-electron chi connectivity index (χ1n) is 8.11. The minimum Gasteiger partial charge on any atom is -0.356 e. The summed E-state index contributed by atoms with van der Waals surface area (Å²) in [5.41, 5.74) is 1.74. The molecule has 0 radical (unpaired) electrons. The molecule has 0 saturated carbocycles. The molecule has 126 valence electrons. The number of halogens is 1. The number of rotatable bonds is 3. The van der Waals surface area contributed by atoms with E-state index in [1.54, 1.807) is 13.3 Å². The van der Waals surface area contributed by atoms with Crippen molar-refractivity contribution in [1.82, 2.24) is 14.9 Å². The molecule has 3 rings (SSSR count). The molecular weight excluding hydrogens is 324 g/mol. The van der Waals surface area contributed by atoms with E-state index in [2.05, 4.69) is 14.9 Å². The molecule has 1 saturated heterocycles. The van der Waals surface area contributed by atoms with Gasteiger partial charge in [0.05, 0.1) is 5.69 Å². The second-order valence-corrected chi connectivity index (χ2v) is 6.50. The second-order valence-electron chi connectivity index (χ2n) is 6.09. The van der Waals surface area contributed by atoms with Gasteiger partial charge in [-0.05, 0) is 18.9 Å². The zero-order chi connectivity index (χ0) is 17.1. The molecule has 1 fully saturated rings. The van der Waals surface area contributed by atoms with E-state index in [-0.39, 0.29) is 5.91 Å². The molecule has 0 N–H and O–H groups in total. The zero-order valence-corrected chi connectivity index (χ0v) is 14.7. The summed E-state index contributed by atoms with van der Waals surface area (Å²) in [4.78, 5) is 24.4. The Morgan fingerprint density at radius 2 is 1.96 bits per heavy atom. The molecule has 1 aliphatic heterocycles. The molecule has 0 unspecified atom stereocenters. The Morgan fingerprint density at radius 1 is 1.25 bits per heavy atom. The first-order chi connectivity index (χ1) is 11.6. The standard InChI is InChI=1S/C18H21ClN4O/c1-13(24)22(2)14-7-9-23(10-8-14)18-11-17(20-12-21-18)15-5-3-4-6-16(15)19/h3-6,11-12,14H,7-10H2,1-2H3. The number of aromatic nitrogens is 2. The molecule has 24 heavy (non-hydrogen) atoms. The van der Waals surface area contributed by atoms with Crippen molar-refractivity contribution in [2.75, 3.05) is 25.0 Å². The van der Waals surface area contributed by atoms with Gasteiger partial charge in [0.15, 0.2) is 0 Å². The van der Waals surface area contributed by atoms with E-state index < -0.39 is 0 Å². The highest BCUT2D eigenvalue weighted by Crippen LogP contribution is 2.28. The van der Waals surface area contributed by atoms with E-state index >= 15 is 0 Å². The predicted molar refractivity (Wildman–Crippen MR) is 96.2 cm³/mol. The minimum absolute atomic E-state index is 0.122. The highest BCUT2D eigenvalue weighted by atomic mass is 35.5. The van der Waals surface area contributed by atoms with Crippen LogP contribution >= 0.6 is 11.6 Å². The van der Waals surface area contributed by atoms with Crippen LogP contribution in [0.2, 0.25) is 5.02 Å². The van der Waals surface area contributed by atoms with Crippen molar-refractivity contribution in [3.05, 3.63) is 41.7 Å². The number of hydrogen-bond acceptors (Lipinski definition) is 4. The monoisotopic (exact) mass is 344 g/mol. The van der Waals surface area contributed by atoms with E-state index in [4.69, 9.17) is 11.6 Å². The van der Waals surface area contributed by atoms with E-state index in [0.717, 1.165) is 43.0 Å². The summed E-state index contributed by atoms with van der Waals surface area (Å²) in [6, 6.07) is 9.97. The lowest BCUT2D eigenvalue weighted by molar-refractivity contribution is -0.129. The Hall–Kier alpha value is -2.14. The molecule has 6 heteroatoms. The van der Waals surface area contributed by atoms with Crippen LogP contribution in [-0.2, 0) is 4.79 Å². The van der Waals surface area contributed by atoms with Crippen LogP contribution in [0.4, 0.5) is 5.82 Å². The lowest BCUT2D eigenvalue weighted by atomic mass is 10.0. The summed E-state index contributed by atoms with van der Waals surface area (Å²) < 4.78 is 0. The van der Waals surface area contributed by atoms with Crippen LogP contribution in [-0.4, -0.2) is 47.0 Å². The smallest absolute Gasteiger partial charge is 0.219 e. The van der Waals surface area contributed by atoms with Crippen LogP contribution in [0.5, 0.6) is 0 Å². The normalized spacial score (nSPS) is 15.4. The van der Waals surface area contributed by atoms with Crippen molar-refractivity contribution < 1.29 is 4.79 Å². The van der Waals surface area contributed by atoms with Gasteiger partial charge >= 0.3 is 0 Å². The third kappa shape index (κ3) is 3.51. The maximum Gasteiger partial charge on any atom is 0.219 e. The third-order valence-electron chi connectivity index (χ3n) is 4.64. The second kappa shape index (κ2) is 7.18. The Bertz CT molecular complexity index is 728. The fourth-order valence-corrected chi connectivity index (χ4v) is 3.31. The molecule has 1 aromatic carbocycles. The number of benzene rings is 1. The molecule has 1 aliphatic rings. The maximum absolute atomic E-state index is 11.5. The van der Waals surface area contributed by atoms with Crippen LogP contribution in [0.25, 0.3) is 11.3 Å². The number of anilines is 1. The molecule has 0 atom stereocenters. The predicted octanol–water partition coefficient (Wildman–Crippen LogP) is 3.24. The van der Waals surface area contributed by atoms with Gasteiger partial charge in [-0.15, -0.1) is 0 Å². The van der Waals surface area contributed by atoms with E-state index in [1.807, 2.05) is 42.3 Å². The van der Waals surface area contributed by atoms with Crippen molar-refractivity contribution in [1.29, 1.82) is 0 Å². The number of nitrogens with zero attached hydrogens (tertiary/aromatic N) is 4. The molecule has 0 spiro atoms. The average Bonchev–Trinajstić information content (AvgIpc) is 2.61. The van der Waals surface area contributed by atoms with Gasteiger partial charge in [-0.1, -0.05) is 29.8 Å². The molecule has 5 nitrogen and oxygen atoms in total. The van der Waals surface area contributed by atoms with E-state index in [0.29, 0.717) is 11.1 Å². The molecule has 1 aromatic heterocycles. The quantitative estimate of drug-likeness (QED) is 0.857. The minimum atomic E-state index is 0.122. The van der Waals surface area contributed by atoms with Crippen molar-refractivity contribution in [2.24, 2.45) is 0 Å². The molecule has 2 aromatic rings. The topological polar surface area (TPSA) is 49.3 Å². The van der Waals surface area contributed by atoms with Gasteiger partial charge in [0.25, 0.3) is 0 Å². The third-order valence-corrected chi connectivity index (χ3v) is 4.96. The number of piperidine rings is 1. The fourth-order valence-electron chi connectivity index (χ4n) is 3.08. The van der Waals surface area contributed by atoms with Crippen molar-refractivity contribution in [3.63, 3.8) is 0 Å².